The molecule has 1 aliphatic rings. The van der Waals surface area contributed by atoms with Crippen molar-refractivity contribution in [3.05, 3.63) is 83.4 Å². The van der Waals surface area contributed by atoms with Crippen molar-refractivity contribution < 1.29 is 19.1 Å². The molecule has 1 aliphatic heterocycles. The Hall–Kier alpha value is -3.58. The van der Waals surface area contributed by atoms with Gasteiger partial charge < -0.3 is 15.3 Å². The summed E-state index contributed by atoms with van der Waals surface area (Å²) >= 11 is 0. The summed E-state index contributed by atoms with van der Waals surface area (Å²) in [5.74, 6) is -1.38. The second kappa shape index (κ2) is 11.0. The molecule has 1 amide bonds. The number of carboxylic acid groups (broad SMARTS) is 1. The van der Waals surface area contributed by atoms with E-state index in [0.717, 1.165) is 36.2 Å². The Morgan fingerprint density at radius 1 is 1.13 bits per heavy atom. The SMILES string of the molecule is CCC1(CCNCc2ccc(-c3ccc(F)nc3)c(C(C)(C)C)c2)CC(=O)N(c2ccc(C(=O)O)cc2)C1. The van der Waals surface area contributed by atoms with Crippen LogP contribution in [0, 0.1) is 11.4 Å². The van der Waals surface area contributed by atoms with E-state index in [2.05, 4.69) is 56.2 Å². The molecule has 1 saturated heterocycles. The van der Waals surface area contributed by atoms with Crippen molar-refractivity contribution in [3.8, 4) is 11.1 Å². The van der Waals surface area contributed by atoms with E-state index in [4.69, 9.17) is 5.11 Å². The second-order valence-electron chi connectivity index (χ2n) is 11.3. The van der Waals surface area contributed by atoms with Crippen LogP contribution in [0.1, 0.15) is 68.4 Å². The van der Waals surface area contributed by atoms with Crippen LogP contribution >= 0.6 is 0 Å². The number of hydrogen-bond acceptors (Lipinski definition) is 4. The Labute approximate surface area is 223 Å². The molecule has 7 heteroatoms. The minimum absolute atomic E-state index is 0.0793. The number of rotatable bonds is 9. The van der Waals surface area contributed by atoms with E-state index in [9.17, 15) is 14.0 Å². The summed E-state index contributed by atoms with van der Waals surface area (Å²) in [6.45, 7) is 10.8. The summed E-state index contributed by atoms with van der Waals surface area (Å²) in [4.78, 5) is 29.6. The molecule has 0 radical (unpaired) electrons. The van der Waals surface area contributed by atoms with Gasteiger partial charge in [0, 0.05) is 37.0 Å². The van der Waals surface area contributed by atoms with Crippen LogP contribution in [0.15, 0.2) is 60.8 Å². The summed E-state index contributed by atoms with van der Waals surface area (Å²) in [6.07, 6.45) is 3.82. The molecule has 2 heterocycles. The van der Waals surface area contributed by atoms with E-state index < -0.39 is 11.9 Å². The lowest BCUT2D eigenvalue weighted by molar-refractivity contribution is -0.117. The molecule has 200 valence electrons. The van der Waals surface area contributed by atoms with E-state index in [-0.39, 0.29) is 22.3 Å². The first-order chi connectivity index (χ1) is 18.0. The van der Waals surface area contributed by atoms with Gasteiger partial charge in [0.25, 0.3) is 0 Å². The molecular weight excluding hydrogens is 481 g/mol. The number of halogens is 1. The predicted octanol–water partition coefficient (Wildman–Crippen LogP) is 6.20. The smallest absolute Gasteiger partial charge is 0.335 e. The van der Waals surface area contributed by atoms with Crippen molar-refractivity contribution in [2.75, 3.05) is 18.0 Å². The van der Waals surface area contributed by atoms with Crippen LogP contribution in [0.25, 0.3) is 11.1 Å². The maximum absolute atomic E-state index is 13.3. The predicted molar refractivity (Wildman–Crippen MR) is 148 cm³/mol. The summed E-state index contributed by atoms with van der Waals surface area (Å²) in [7, 11) is 0. The minimum Gasteiger partial charge on any atom is -0.478 e. The van der Waals surface area contributed by atoms with Gasteiger partial charge in [0.2, 0.25) is 11.9 Å². The average Bonchev–Trinajstić information content (AvgIpc) is 3.23. The van der Waals surface area contributed by atoms with Gasteiger partial charge in [0.05, 0.1) is 5.56 Å². The van der Waals surface area contributed by atoms with Crippen LogP contribution in [0.2, 0.25) is 0 Å². The van der Waals surface area contributed by atoms with Crippen LogP contribution in [-0.2, 0) is 16.8 Å². The first kappa shape index (κ1) is 27.5. The number of carbonyl (C=O) groups excluding carboxylic acids is 1. The van der Waals surface area contributed by atoms with E-state index in [1.807, 2.05) is 0 Å². The van der Waals surface area contributed by atoms with Crippen LogP contribution in [-0.4, -0.2) is 35.1 Å². The summed E-state index contributed by atoms with van der Waals surface area (Å²) < 4.78 is 13.3. The zero-order chi connectivity index (χ0) is 27.5. The van der Waals surface area contributed by atoms with Gasteiger partial charge in [-0.15, -0.1) is 0 Å². The molecule has 0 saturated carbocycles. The number of nitrogens with zero attached hydrogens (tertiary/aromatic N) is 2. The Bertz CT molecular complexity index is 1300. The molecule has 0 spiro atoms. The Kier molecular flexibility index (Phi) is 7.97. The van der Waals surface area contributed by atoms with E-state index in [1.165, 1.54) is 17.2 Å². The molecule has 0 aliphatic carbocycles. The normalized spacial score (nSPS) is 17.7. The number of benzene rings is 2. The molecule has 1 unspecified atom stereocenters. The summed E-state index contributed by atoms with van der Waals surface area (Å²) in [5, 5.41) is 12.7. The van der Waals surface area contributed by atoms with Crippen LogP contribution < -0.4 is 10.2 Å². The number of hydrogen-bond donors (Lipinski definition) is 2. The van der Waals surface area contributed by atoms with Gasteiger partial charge in [-0.25, -0.2) is 9.78 Å². The maximum Gasteiger partial charge on any atom is 0.335 e. The van der Waals surface area contributed by atoms with Gasteiger partial charge in [0.1, 0.15) is 0 Å². The van der Waals surface area contributed by atoms with Crippen molar-refractivity contribution in [3.63, 3.8) is 0 Å². The van der Waals surface area contributed by atoms with Crippen molar-refractivity contribution in [1.82, 2.24) is 10.3 Å². The zero-order valence-corrected chi connectivity index (χ0v) is 22.6. The first-order valence-electron chi connectivity index (χ1n) is 13.1. The van der Waals surface area contributed by atoms with Gasteiger partial charge in [0.15, 0.2) is 0 Å². The third-order valence-electron chi connectivity index (χ3n) is 7.59. The highest BCUT2D eigenvalue weighted by atomic mass is 19.1. The largest absolute Gasteiger partial charge is 0.478 e. The van der Waals surface area contributed by atoms with E-state index in [0.29, 0.717) is 19.5 Å². The van der Waals surface area contributed by atoms with Gasteiger partial charge in [-0.05, 0) is 83.3 Å². The standard InChI is InChI=1S/C31H36FN3O3/c1-5-31(17-28(36)35(20-31)24-10-7-22(8-11-24)29(37)38)14-15-33-18-21-6-12-25(26(16-21)30(2,3)4)23-9-13-27(32)34-19-23/h6-13,16,19,33H,5,14-15,17-18,20H2,1-4H3,(H,37,38). The monoisotopic (exact) mass is 517 g/mol. The minimum atomic E-state index is -0.977. The average molecular weight is 518 g/mol. The molecule has 38 heavy (non-hydrogen) atoms. The lowest BCUT2D eigenvalue weighted by atomic mass is 9.80. The third-order valence-corrected chi connectivity index (χ3v) is 7.59. The van der Waals surface area contributed by atoms with Crippen LogP contribution in [0.3, 0.4) is 0 Å². The molecule has 3 aromatic rings. The molecule has 4 rings (SSSR count). The molecule has 0 bridgehead atoms. The quantitative estimate of drug-likeness (QED) is 0.261. The highest BCUT2D eigenvalue weighted by Crippen LogP contribution is 2.40. The number of carbonyl (C=O) groups is 2. The second-order valence-corrected chi connectivity index (χ2v) is 11.3. The lowest BCUT2D eigenvalue weighted by Crippen LogP contribution is -2.31. The zero-order valence-electron chi connectivity index (χ0n) is 22.6. The van der Waals surface area contributed by atoms with Crippen molar-refractivity contribution >= 4 is 17.6 Å². The molecule has 2 aromatic carbocycles. The van der Waals surface area contributed by atoms with Gasteiger partial charge in [-0.3, -0.25) is 4.79 Å². The van der Waals surface area contributed by atoms with Crippen LogP contribution in [0.4, 0.5) is 10.1 Å². The molecular formula is C31H36FN3O3. The fourth-order valence-electron chi connectivity index (χ4n) is 5.19. The molecule has 6 nitrogen and oxygen atoms in total. The fourth-order valence-corrected chi connectivity index (χ4v) is 5.19. The van der Waals surface area contributed by atoms with Gasteiger partial charge >= 0.3 is 5.97 Å². The maximum atomic E-state index is 13.3. The summed E-state index contributed by atoms with van der Waals surface area (Å²) in [5.41, 5.74) is 5.04. The lowest BCUT2D eigenvalue weighted by Gasteiger charge is -2.28. The highest BCUT2D eigenvalue weighted by Gasteiger charge is 2.41. The number of aromatic carboxylic acids is 1. The first-order valence-corrected chi connectivity index (χ1v) is 13.1. The van der Waals surface area contributed by atoms with Crippen molar-refractivity contribution in [2.24, 2.45) is 5.41 Å². The Morgan fingerprint density at radius 3 is 2.47 bits per heavy atom. The third kappa shape index (κ3) is 6.10. The molecule has 1 aromatic heterocycles. The van der Waals surface area contributed by atoms with Crippen LogP contribution in [0.5, 0.6) is 0 Å². The highest BCUT2D eigenvalue weighted by molar-refractivity contribution is 5.97. The number of amides is 1. The van der Waals surface area contributed by atoms with E-state index >= 15 is 0 Å². The topological polar surface area (TPSA) is 82.5 Å². The van der Waals surface area contributed by atoms with Gasteiger partial charge in [-0.2, -0.15) is 4.39 Å². The van der Waals surface area contributed by atoms with Gasteiger partial charge in [-0.1, -0.05) is 45.9 Å². The van der Waals surface area contributed by atoms with E-state index in [1.54, 1.807) is 41.4 Å². The fraction of sp³-hybridized carbons (Fsp3) is 0.387. The number of aromatic nitrogens is 1. The molecule has 2 N–H and O–H groups in total. The summed E-state index contributed by atoms with van der Waals surface area (Å²) in [6, 6.07) is 16.1. The number of anilines is 1. The number of carboxylic acids is 1. The Balaban J connectivity index is 1.40. The number of pyridine rings is 1. The molecule has 1 fully saturated rings. The molecule has 1 atom stereocenters. The Morgan fingerprint density at radius 2 is 1.87 bits per heavy atom. The van der Waals surface area contributed by atoms with Crippen molar-refractivity contribution in [2.45, 2.75) is 58.9 Å². The number of nitrogens with one attached hydrogen (secondary N) is 1. The van der Waals surface area contributed by atoms with Crippen molar-refractivity contribution in [1.29, 1.82) is 0 Å².